The molecule has 0 atom stereocenters. The van der Waals surface area contributed by atoms with Crippen molar-refractivity contribution in [2.24, 2.45) is 5.92 Å². The maximum Gasteiger partial charge on any atom is 0.130 e. The number of hydrogen-bond donors (Lipinski definition) is 0. The first-order valence-corrected chi connectivity index (χ1v) is 6.05. The lowest BCUT2D eigenvalue weighted by Crippen LogP contribution is -2.04. The van der Waals surface area contributed by atoms with Crippen LogP contribution >= 0.6 is 0 Å². The van der Waals surface area contributed by atoms with Crippen molar-refractivity contribution in [3.8, 4) is 5.75 Å². The molecule has 0 aliphatic rings. The summed E-state index contributed by atoms with van der Waals surface area (Å²) in [5.41, 5.74) is 0.716. The third-order valence-electron chi connectivity index (χ3n) is 2.44. The number of hydrogen-bond acceptors (Lipinski definition) is 1. The Balaban J connectivity index is 2.76. The zero-order valence-electron chi connectivity index (χ0n) is 10.4. The second-order valence-corrected chi connectivity index (χ2v) is 4.52. The molecular formula is C14H21FO. The van der Waals surface area contributed by atoms with Gasteiger partial charge in [0, 0.05) is 5.56 Å². The Kier molecular flexibility index (Phi) is 5.30. The lowest BCUT2D eigenvalue weighted by atomic mass is 10.0. The minimum Gasteiger partial charge on any atom is -0.493 e. The van der Waals surface area contributed by atoms with Gasteiger partial charge in [0.15, 0.2) is 0 Å². The molecule has 0 aliphatic heterocycles. The Morgan fingerprint density at radius 1 is 1.31 bits per heavy atom. The quantitative estimate of drug-likeness (QED) is 0.658. The van der Waals surface area contributed by atoms with E-state index >= 15 is 0 Å². The summed E-state index contributed by atoms with van der Waals surface area (Å²) in [7, 11) is 0. The second kappa shape index (κ2) is 6.51. The Bertz CT molecular complexity index is 321. The van der Waals surface area contributed by atoms with Crippen LogP contribution in [0.5, 0.6) is 5.75 Å². The molecule has 0 heterocycles. The molecule has 16 heavy (non-hydrogen) atoms. The highest BCUT2D eigenvalue weighted by Crippen LogP contribution is 2.24. The fourth-order valence-corrected chi connectivity index (χ4v) is 1.61. The number of rotatable bonds is 6. The molecule has 0 bridgehead atoms. The topological polar surface area (TPSA) is 9.23 Å². The maximum absolute atomic E-state index is 13.6. The van der Waals surface area contributed by atoms with Gasteiger partial charge in [-0.15, -0.1) is 0 Å². The van der Waals surface area contributed by atoms with Gasteiger partial charge in [0.1, 0.15) is 11.6 Å². The smallest absolute Gasteiger partial charge is 0.130 e. The molecule has 1 rings (SSSR count). The van der Waals surface area contributed by atoms with Crippen molar-refractivity contribution < 1.29 is 9.13 Å². The number of halogens is 1. The minimum atomic E-state index is -0.150. The Morgan fingerprint density at radius 2 is 2.06 bits per heavy atom. The van der Waals surface area contributed by atoms with Crippen molar-refractivity contribution in [3.63, 3.8) is 0 Å². The van der Waals surface area contributed by atoms with Gasteiger partial charge < -0.3 is 4.74 Å². The lowest BCUT2D eigenvalue weighted by molar-refractivity contribution is 0.302. The van der Waals surface area contributed by atoms with E-state index in [0.717, 1.165) is 19.3 Å². The van der Waals surface area contributed by atoms with Gasteiger partial charge >= 0.3 is 0 Å². The van der Waals surface area contributed by atoms with Crippen molar-refractivity contribution in [2.75, 3.05) is 6.61 Å². The van der Waals surface area contributed by atoms with E-state index in [1.807, 2.05) is 6.07 Å². The van der Waals surface area contributed by atoms with Gasteiger partial charge in [0.25, 0.3) is 0 Å². The Labute approximate surface area is 97.6 Å². The number of benzene rings is 1. The third-order valence-corrected chi connectivity index (χ3v) is 2.44. The summed E-state index contributed by atoms with van der Waals surface area (Å²) in [5.74, 6) is 0.996. The molecule has 0 unspecified atom stereocenters. The summed E-state index contributed by atoms with van der Waals surface area (Å²) in [6.07, 6.45) is 2.83. The standard InChI is InChI=1S/C14H21FO/c1-4-5-9-16-14-8-6-7-13(15)12(14)10-11(2)3/h6-8,11H,4-5,9-10H2,1-3H3. The van der Waals surface area contributed by atoms with Crippen LogP contribution in [0.1, 0.15) is 39.2 Å². The molecule has 0 fully saturated rings. The van der Waals surface area contributed by atoms with Crippen molar-refractivity contribution in [2.45, 2.75) is 40.0 Å². The van der Waals surface area contributed by atoms with E-state index in [-0.39, 0.29) is 5.82 Å². The van der Waals surface area contributed by atoms with Crippen LogP contribution in [0.15, 0.2) is 18.2 Å². The van der Waals surface area contributed by atoms with Crippen LogP contribution in [-0.2, 0) is 6.42 Å². The van der Waals surface area contributed by atoms with Crippen LogP contribution in [-0.4, -0.2) is 6.61 Å². The van der Waals surface area contributed by atoms with Gasteiger partial charge in [-0.25, -0.2) is 4.39 Å². The molecule has 1 aromatic rings. The van der Waals surface area contributed by atoms with Gasteiger partial charge in [0.05, 0.1) is 6.61 Å². The van der Waals surface area contributed by atoms with Crippen LogP contribution in [0, 0.1) is 11.7 Å². The highest BCUT2D eigenvalue weighted by molar-refractivity contribution is 5.35. The van der Waals surface area contributed by atoms with E-state index in [9.17, 15) is 4.39 Å². The molecule has 0 saturated carbocycles. The summed E-state index contributed by atoms with van der Waals surface area (Å²) >= 11 is 0. The largest absolute Gasteiger partial charge is 0.493 e. The molecule has 0 amide bonds. The van der Waals surface area contributed by atoms with E-state index in [4.69, 9.17) is 4.74 Å². The summed E-state index contributed by atoms with van der Waals surface area (Å²) in [6.45, 7) is 6.96. The van der Waals surface area contributed by atoms with Gasteiger partial charge in [0.2, 0.25) is 0 Å². The normalized spacial score (nSPS) is 10.8. The molecular weight excluding hydrogens is 203 g/mol. The number of unbranched alkanes of at least 4 members (excludes halogenated alkanes) is 1. The molecule has 1 nitrogen and oxygen atoms in total. The fourth-order valence-electron chi connectivity index (χ4n) is 1.61. The van der Waals surface area contributed by atoms with Crippen LogP contribution in [0.3, 0.4) is 0 Å². The predicted molar refractivity (Wildman–Crippen MR) is 65.3 cm³/mol. The highest BCUT2D eigenvalue weighted by atomic mass is 19.1. The first kappa shape index (κ1) is 13.0. The Hall–Kier alpha value is -1.05. The summed E-state index contributed by atoms with van der Waals surface area (Å²) in [4.78, 5) is 0. The van der Waals surface area contributed by atoms with Crippen molar-refractivity contribution in [1.82, 2.24) is 0 Å². The molecule has 0 saturated heterocycles. The van der Waals surface area contributed by atoms with Gasteiger partial charge in [-0.1, -0.05) is 33.3 Å². The zero-order chi connectivity index (χ0) is 12.0. The minimum absolute atomic E-state index is 0.150. The van der Waals surface area contributed by atoms with Gasteiger partial charge in [-0.05, 0) is 30.9 Å². The Morgan fingerprint density at radius 3 is 2.69 bits per heavy atom. The second-order valence-electron chi connectivity index (χ2n) is 4.52. The van der Waals surface area contributed by atoms with Gasteiger partial charge in [-0.3, -0.25) is 0 Å². The molecule has 0 radical (unpaired) electrons. The first-order valence-electron chi connectivity index (χ1n) is 6.05. The summed E-state index contributed by atoms with van der Waals surface area (Å²) < 4.78 is 19.3. The molecule has 0 aromatic heterocycles. The summed E-state index contributed by atoms with van der Waals surface area (Å²) in [5, 5.41) is 0. The van der Waals surface area contributed by atoms with Gasteiger partial charge in [-0.2, -0.15) is 0 Å². The number of ether oxygens (including phenoxy) is 1. The van der Waals surface area contributed by atoms with Crippen molar-refractivity contribution in [1.29, 1.82) is 0 Å². The monoisotopic (exact) mass is 224 g/mol. The zero-order valence-corrected chi connectivity index (χ0v) is 10.4. The van der Waals surface area contributed by atoms with Crippen molar-refractivity contribution in [3.05, 3.63) is 29.6 Å². The summed E-state index contributed by atoms with van der Waals surface area (Å²) in [6, 6.07) is 5.07. The maximum atomic E-state index is 13.6. The van der Waals surface area contributed by atoms with Crippen LogP contribution < -0.4 is 4.74 Å². The van der Waals surface area contributed by atoms with Crippen LogP contribution in [0.25, 0.3) is 0 Å². The first-order chi connectivity index (χ1) is 7.65. The third kappa shape index (κ3) is 3.84. The average molecular weight is 224 g/mol. The molecule has 0 N–H and O–H groups in total. The van der Waals surface area contributed by atoms with Crippen LogP contribution in [0.2, 0.25) is 0 Å². The SMILES string of the molecule is CCCCOc1cccc(F)c1CC(C)C. The lowest BCUT2D eigenvalue weighted by Gasteiger charge is -2.13. The van der Waals surface area contributed by atoms with E-state index in [2.05, 4.69) is 20.8 Å². The van der Waals surface area contributed by atoms with Crippen LogP contribution in [0.4, 0.5) is 4.39 Å². The van der Waals surface area contributed by atoms with E-state index < -0.39 is 0 Å². The molecule has 2 heteroatoms. The van der Waals surface area contributed by atoms with E-state index in [0.29, 0.717) is 23.8 Å². The molecule has 90 valence electrons. The predicted octanol–water partition coefficient (Wildman–Crippen LogP) is 4.20. The molecule has 1 aromatic carbocycles. The average Bonchev–Trinajstić information content (AvgIpc) is 2.23. The van der Waals surface area contributed by atoms with E-state index in [1.54, 1.807) is 6.07 Å². The highest BCUT2D eigenvalue weighted by Gasteiger charge is 2.10. The van der Waals surface area contributed by atoms with Crippen molar-refractivity contribution >= 4 is 0 Å². The molecule has 0 spiro atoms. The molecule has 0 aliphatic carbocycles. The fraction of sp³-hybridized carbons (Fsp3) is 0.571. The van der Waals surface area contributed by atoms with E-state index in [1.165, 1.54) is 6.07 Å².